The number of ether oxygens (including phenoxy) is 1. The Morgan fingerprint density at radius 3 is 2.46 bits per heavy atom. The van der Waals surface area contributed by atoms with Gasteiger partial charge in [0, 0.05) is 36.3 Å². The molecule has 1 N–H and O–H groups in total. The number of piperidine rings is 1. The van der Waals surface area contributed by atoms with Crippen LogP contribution in [0.4, 0.5) is 0 Å². The number of hydrogen-bond acceptors (Lipinski definition) is 3. The molecule has 0 atom stereocenters. The van der Waals surface area contributed by atoms with Crippen LogP contribution in [-0.2, 0) is 4.79 Å². The molecule has 1 aliphatic rings. The SMILES string of the molecule is CCOc1ccccc1/C=C/C(=O)N1CCC(NC(=O)c2ccccc2)CC1. The molecule has 1 heterocycles. The molecule has 1 aliphatic heterocycles. The van der Waals surface area contributed by atoms with E-state index in [-0.39, 0.29) is 17.9 Å². The van der Waals surface area contributed by atoms with Gasteiger partial charge in [-0.3, -0.25) is 9.59 Å². The zero-order valence-corrected chi connectivity index (χ0v) is 16.1. The van der Waals surface area contributed by atoms with Gasteiger partial charge in [-0.05, 0) is 44.0 Å². The van der Waals surface area contributed by atoms with Gasteiger partial charge < -0.3 is 15.0 Å². The smallest absolute Gasteiger partial charge is 0.251 e. The van der Waals surface area contributed by atoms with Crippen molar-refractivity contribution in [2.75, 3.05) is 19.7 Å². The Bertz CT molecular complexity index is 825. The van der Waals surface area contributed by atoms with E-state index in [2.05, 4.69) is 5.32 Å². The van der Waals surface area contributed by atoms with Gasteiger partial charge in [-0.1, -0.05) is 36.4 Å². The van der Waals surface area contributed by atoms with E-state index in [1.54, 1.807) is 24.3 Å². The minimum atomic E-state index is -0.0576. The highest BCUT2D eigenvalue weighted by Crippen LogP contribution is 2.20. The van der Waals surface area contributed by atoms with Gasteiger partial charge in [-0.15, -0.1) is 0 Å². The predicted octanol–water partition coefficient (Wildman–Crippen LogP) is 3.52. The minimum absolute atomic E-state index is 0.0147. The van der Waals surface area contributed by atoms with Crippen LogP contribution in [0.1, 0.15) is 35.7 Å². The Balaban J connectivity index is 1.51. The molecule has 2 aromatic rings. The van der Waals surface area contributed by atoms with Gasteiger partial charge in [-0.2, -0.15) is 0 Å². The topological polar surface area (TPSA) is 58.6 Å². The Labute approximate surface area is 166 Å². The summed E-state index contributed by atoms with van der Waals surface area (Å²) in [4.78, 5) is 26.6. The van der Waals surface area contributed by atoms with E-state index in [9.17, 15) is 9.59 Å². The maximum absolute atomic E-state index is 12.5. The van der Waals surface area contributed by atoms with Crippen molar-refractivity contribution in [2.45, 2.75) is 25.8 Å². The number of rotatable bonds is 6. The quantitative estimate of drug-likeness (QED) is 0.783. The third-order valence-electron chi connectivity index (χ3n) is 4.80. The third kappa shape index (κ3) is 5.22. The molecular formula is C23H26N2O3. The summed E-state index contributed by atoms with van der Waals surface area (Å²) in [6.45, 7) is 3.79. The van der Waals surface area contributed by atoms with Gasteiger partial charge >= 0.3 is 0 Å². The predicted molar refractivity (Wildman–Crippen MR) is 110 cm³/mol. The maximum atomic E-state index is 12.5. The van der Waals surface area contributed by atoms with Gasteiger partial charge in [0.25, 0.3) is 5.91 Å². The van der Waals surface area contributed by atoms with Gasteiger partial charge in [0.15, 0.2) is 0 Å². The molecular weight excluding hydrogens is 352 g/mol. The lowest BCUT2D eigenvalue weighted by Gasteiger charge is -2.31. The first-order valence-electron chi connectivity index (χ1n) is 9.72. The number of amides is 2. The van der Waals surface area contributed by atoms with Crippen molar-refractivity contribution in [1.82, 2.24) is 10.2 Å². The van der Waals surface area contributed by atoms with Crippen LogP contribution in [0, 0.1) is 0 Å². The maximum Gasteiger partial charge on any atom is 0.251 e. The zero-order chi connectivity index (χ0) is 19.8. The lowest BCUT2D eigenvalue weighted by atomic mass is 10.0. The number of carbonyl (C=O) groups excluding carboxylic acids is 2. The number of para-hydroxylation sites is 1. The summed E-state index contributed by atoms with van der Waals surface area (Å²) in [5.41, 5.74) is 1.56. The van der Waals surface area contributed by atoms with Crippen molar-refractivity contribution in [1.29, 1.82) is 0 Å². The Morgan fingerprint density at radius 1 is 1.07 bits per heavy atom. The fourth-order valence-corrected chi connectivity index (χ4v) is 3.27. The molecule has 28 heavy (non-hydrogen) atoms. The summed E-state index contributed by atoms with van der Waals surface area (Å²) in [5, 5.41) is 3.06. The number of hydrogen-bond donors (Lipinski definition) is 1. The van der Waals surface area contributed by atoms with E-state index < -0.39 is 0 Å². The molecule has 2 aromatic carbocycles. The van der Waals surface area contributed by atoms with Crippen LogP contribution in [0.2, 0.25) is 0 Å². The molecule has 2 amide bonds. The van der Waals surface area contributed by atoms with Crippen LogP contribution < -0.4 is 10.1 Å². The standard InChI is InChI=1S/C23H26N2O3/c1-2-28-21-11-7-6-8-18(21)12-13-22(26)25-16-14-20(15-17-25)24-23(27)19-9-4-3-5-10-19/h3-13,20H,2,14-17H2,1H3,(H,24,27)/b13-12+. The summed E-state index contributed by atoms with van der Waals surface area (Å²) < 4.78 is 5.59. The molecule has 0 spiro atoms. The van der Waals surface area contributed by atoms with Crippen molar-refractivity contribution in [3.63, 3.8) is 0 Å². The first-order valence-corrected chi connectivity index (χ1v) is 9.72. The molecule has 0 aliphatic carbocycles. The van der Waals surface area contributed by atoms with Crippen molar-refractivity contribution in [2.24, 2.45) is 0 Å². The molecule has 0 bridgehead atoms. The second-order valence-electron chi connectivity index (χ2n) is 6.74. The molecule has 1 fully saturated rings. The summed E-state index contributed by atoms with van der Waals surface area (Å²) in [6.07, 6.45) is 4.92. The van der Waals surface area contributed by atoms with Crippen molar-refractivity contribution >= 4 is 17.9 Å². The largest absolute Gasteiger partial charge is 0.493 e. The van der Waals surface area contributed by atoms with Gasteiger partial charge in [0.1, 0.15) is 5.75 Å². The van der Waals surface area contributed by atoms with Crippen molar-refractivity contribution in [3.05, 3.63) is 71.8 Å². The van der Waals surface area contributed by atoms with E-state index >= 15 is 0 Å². The van der Waals surface area contributed by atoms with Crippen LogP contribution in [0.5, 0.6) is 5.75 Å². The van der Waals surface area contributed by atoms with Crippen molar-refractivity contribution in [3.8, 4) is 5.75 Å². The first-order chi connectivity index (χ1) is 13.7. The number of nitrogens with zero attached hydrogens (tertiary/aromatic N) is 1. The molecule has 0 saturated carbocycles. The molecule has 3 rings (SSSR count). The Morgan fingerprint density at radius 2 is 1.75 bits per heavy atom. The van der Waals surface area contributed by atoms with Crippen LogP contribution in [0.25, 0.3) is 6.08 Å². The Kier molecular flexibility index (Phi) is 6.84. The molecule has 0 unspecified atom stereocenters. The monoisotopic (exact) mass is 378 g/mol. The molecule has 5 heteroatoms. The lowest BCUT2D eigenvalue weighted by Crippen LogP contribution is -2.46. The molecule has 0 aromatic heterocycles. The number of carbonyl (C=O) groups is 2. The highest BCUT2D eigenvalue weighted by molar-refractivity contribution is 5.94. The number of nitrogens with one attached hydrogen (secondary N) is 1. The second kappa shape index (κ2) is 9.74. The number of likely N-dealkylation sites (tertiary alicyclic amines) is 1. The van der Waals surface area contributed by atoms with Crippen LogP contribution in [0.15, 0.2) is 60.7 Å². The van der Waals surface area contributed by atoms with Crippen LogP contribution in [0.3, 0.4) is 0 Å². The Hall–Kier alpha value is -3.08. The average Bonchev–Trinajstić information content (AvgIpc) is 2.74. The lowest BCUT2D eigenvalue weighted by molar-refractivity contribution is -0.126. The van der Waals surface area contributed by atoms with E-state index in [0.29, 0.717) is 25.3 Å². The third-order valence-corrected chi connectivity index (χ3v) is 4.80. The molecule has 146 valence electrons. The van der Waals surface area contributed by atoms with Gasteiger partial charge in [0.2, 0.25) is 5.91 Å². The van der Waals surface area contributed by atoms with E-state index in [1.807, 2.05) is 54.3 Å². The van der Waals surface area contributed by atoms with E-state index in [1.165, 1.54) is 0 Å². The number of benzene rings is 2. The summed E-state index contributed by atoms with van der Waals surface area (Å²) in [5.74, 6) is 0.702. The second-order valence-corrected chi connectivity index (χ2v) is 6.74. The highest BCUT2D eigenvalue weighted by atomic mass is 16.5. The first kappa shape index (κ1) is 19.7. The zero-order valence-electron chi connectivity index (χ0n) is 16.1. The summed E-state index contributed by atoms with van der Waals surface area (Å²) in [7, 11) is 0. The fraction of sp³-hybridized carbons (Fsp3) is 0.304. The highest BCUT2D eigenvalue weighted by Gasteiger charge is 2.23. The molecule has 0 radical (unpaired) electrons. The normalized spacial score (nSPS) is 14.8. The van der Waals surface area contributed by atoms with Crippen LogP contribution >= 0.6 is 0 Å². The summed E-state index contributed by atoms with van der Waals surface area (Å²) >= 11 is 0. The van der Waals surface area contributed by atoms with Gasteiger partial charge in [-0.25, -0.2) is 0 Å². The van der Waals surface area contributed by atoms with Crippen LogP contribution in [-0.4, -0.2) is 42.5 Å². The van der Waals surface area contributed by atoms with E-state index in [0.717, 1.165) is 24.2 Å². The molecule has 1 saturated heterocycles. The fourth-order valence-electron chi connectivity index (χ4n) is 3.27. The summed E-state index contributed by atoms with van der Waals surface area (Å²) in [6, 6.07) is 17.0. The van der Waals surface area contributed by atoms with Gasteiger partial charge in [0.05, 0.1) is 6.61 Å². The van der Waals surface area contributed by atoms with Crippen molar-refractivity contribution < 1.29 is 14.3 Å². The average molecular weight is 378 g/mol. The minimum Gasteiger partial charge on any atom is -0.493 e. The van der Waals surface area contributed by atoms with E-state index in [4.69, 9.17) is 4.74 Å². The molecule has 5 nitrogen and oxygen atoms in total.